The Bertz CT molecular complexity index is 1120. The quantitative estimate of drug-likeness (QED) is 0.424. The van der Waals surface area contributed by atoms with Crippen LogP contribution in [-0.4, -0.2) is 24.7 Å². The molecule has 2 heterocycles. The van der Waals surface area contributed by atoms with E-state index in [4.69, 9.17) is 0 Å². The second-order valence-corrected chi connectivity index (χ2v) is 5.88. The minimum Gasteiger partial charge on any atom is -0.324 e. The number of hydrogen-bond donors (Lipinski definition) is 1. The third-order valence-electron chi connectivity index (χ3n) is 4.19. The van der Waals surface area contributed by atoms with E-state index in [0.29, 0.717) is 17.3 Å². The highest BCUT2D eigenvalue weighted by molar-refractivity contribution is 5.92. The molecule has 2 aromatic heterocycles. The van der Waals surface area contributed by atoms with Gasteiger partial charge in [-0.25, -0.2) is 9.97 Å². The molecule has 0 radical (unpaired) electrons. The van der Waals surface area contributed by atoms with E-state index in [2.05, 4.69) is 20.4 Å². The van der Waals surface area contributed by atoms with Crippen molar-refractivity contribution >= 4 is 28.2 Å². The Hall–Kier alpha value is -3.81. The number of aryl methyl sites for hydroxylation is 1. The molecule has 0 aliphatic carbocycles. The van der Waals surface area contributed by atoms with E-state index in [0.717, 1.165) is 23.1 Å². The van der Waals surface area contributed by atoms with Gasteiger partial charge in [0, 0.05) is 35.9 Å². The van der Waals surface area contributed by atoms with Gasteiger partial charge in [-0.3, -0.25) is 14.8 Å². The number of anilines is 2. The molecule has 0 bridgehead atoms. The standard InChI is InChI=1S/C19H16N6O2/c1-2-24-17-6-4-3-5-15(17)18(23-24)16-11-12-20-19(22-16)21-13-7-9-14(10-8-13)25(26)27/h3-12H,2H2,1H3,(H,20,21,22). The first-order valence-electron chi connectivity index (χ1n) is 8.46. The average molecular weight is 360 g/mol. The number of nitrogens with zero attached hydrogens (tertiary/aromatic N) is 5. The van der Waals surface area contributed by atoms with Gasteiger partial charge in [0.2, 0.25) is 5.95 Å². The highest BCUT2D eigenvalue weighted by Crippen LogP contribution is 2.27. The Kier molecular flexibility index (Phi) is 4.21. The van der Waals surface area contributed by atoms with Gasteiger partial charge in [-0.2, -0.15) is 5.10 Å². The molecule has 0 atom stereocenters. The molecule has 4 rings (SSSR count). The van der Waals surface area contributed by atoms with Crippen LogP contribution in [0.25, 0.3) is 22.3 Å². The van der Waals surface area contributed by atoms with Crippen molar-refractivity contribution in [3.05, 3.63) is 70.9 Å². The molecule has 0 unspecified atom stereocenters. The Morgan fingerprint density at radius 2 is 1.89 bits per heavy atom. The maximum Gasteiger partial charge on any atom is 0.269 e. The number of nitrogens with one attached hydrogen (secondary N) is 1. The number of rotatable bonds is 5. The average Bonchev–Trinajstić information content (AvgIpc) is 3.07. The fourth-order valence-electron chi connectivity index (χ4n) is 2.90. The van der Waals surface area contributed by atoms with Gasteiger partial charge in [-0.1, -0.05) is 18.2 Å². The fourth-order valence-corrected chi connectivity index (χ4v) is 2.90. The van der Waals surface area contributed by atoms with Crippen molar-refractivity contribution in [2.24, 2.45) is 0 Å². The number of aromatic nitrogens is 4. The first-order chi connectivity index (χ1) is 13.2. The van der Waals surface area contributed by atoms with Crippen LogP contribution < -0.4 is 5.32 Å². The molecule has 0 fully saturated rings. The lowest BCUT2D eigenvalue weighted by Crippen LogP contribution is -1.99. The second-order valence-electron chi connectivity index (χ2n) is 5.88. The van der Waals surface area contributed by atoms with Crippen LogP contribution in [0.4, 0.5) is 17.3 Å². The minimum atomic E-state index is -0.434. The summed E-state index contributed by atoms with van der Waals surface area (Å²) >= 11 is 0. The molecule has 27 heavy (non-hydrogen) atoms. The van der Waals surface area contributed by atoms with E-state index in [1.165, 1.54) is 12.1 Å². The predicted octanol–water partition coefficient (Wildman–Crippen LogP) is 4.17. The van der Waals surface area contributed by atoms with Crippen molar-refractivity contribution in [2.45, 2.75) is 13.5 Å². The number of hydrogen-bond acceptors (Lipinski definition) is 6. The molecule has 0 aliphatic rings. The van der Waals surface area contributed by atoms with Crippen molar-refractivity contribution < 1.29 is 4.92 Å². The van der Waals surface area contributed by atoms with Crippen molar-refractivity contribution in [3.8, 4) is 11.4 Å². The predicted molar refractivity (Wildman–Crippen MR) is 103 cm³/mol. The van der Waals surface area contributed by atoms with Gasteiger partial charge >= 0.3 is 0 Å². The topological polar surface area (TPSA) is 98.8 Å². The summed E-state index contributed by atoms with van der Waals surface area (Å²) in [4.78, 5) is 19.1. The fraction of sp³-hybridized carbons (Fsp3) is 0.105. The Morgan fingerprint density at radius 3 is 2.63 bits per heavy atom. The summed E-state index contributed by atoms with van der Waals surface area (Å²) in [7, 11) is 0. The summed E-state index contributed by atoms with van der Waals surface area (Å²) in [6.07, 6.45) is 1.66. The zero-order valence-electron chi connectivity index (χ0n) is 14.5. The van der Waals surface area contributed by atoms with Gasteiger partial charge in [-0.15, -0.1) is 0 Å². The van der Waals surface area contributed by atoms with Crippen molar-refractivity contribution in [3.63, 3.8) is 0 Å². The maximum absolute atomic E-state index is 10.8. The Labute approximate surface area is 154 Å². The van der Waals surface area contributed by atoms with Gasteiger partial charge < -0.3 is 5.32 Å². The normalized spacial score (nSPS) is 10.9. The smallest absolute Gasteiger partial charge is 0.269 e. The largest absolute Gasteiger partial charge is 0.324 e. The summed E-state index contributed by atoms with van der Waals surface area (Å²) in [6.45, 7) is 2.81. The van der Waals surface area contributed by atoms with Gasteiger partial charge in [0.15, 0.2) is 0 Å². The zero-order valence-corrected chi connectivity index (χ0v) is 14.5. The summed E-state index contributed by atoms with van der Waals surface area (Å²) in [5.41, 5.74) is 3.26. The van der Waals surface area contributed by atoms with Crippen LogP contribution in [-0.2, 0) is 6.54 Å². The van der Waals surface area contributed by atoms with E-state index in [1.807, 2.05) is 41.9 Å². The summed E-state index contributed by atoms with van der Waals surface area (Å²) in [5, 5.41) is 19.5. The molecule has 8 heteroatoms. The minimum absolute atomic E-state index is 0.0341. The summed E-state index contributed by atoms with van der Waals surface area (Å²) in [6, 6.07) is 15.9. The van der Waals surface area contributed by atoms with E-state index < -0.39 is 4.92 Å². The van der Waals surface area contributed by atoms with Crippen LogP contribution in [0.5, 0.6) is 0 Å². The third-order valence-corrected chi connectivity index (χ3v) is 4.19. The van der Waals surface area contributed by atoms with E-state index in [9.17, 15) is 10.1 Å². The number of nitro groups is 1. The SMILES string of the molecule is CCn1nc(-c2ccnc(Nc3ccc([N+](=O)[O-])cc3)n2)c2ccccc21. The maximum atomic E-state index is 10.8. The highest BCUT2D eigenvalue weighted by atomic mass is 16.6. The van der Waals surface area contributed by atoms with Crippen LogP contribution in [0, 0.1) is 10.1 Å². The molecule has 4 aromatic rings. The molecule has 134 valence electrons. The molecule has 8 nitrogen and oxygen atoms in total. The van der Waals surface area contributed by atoms with Crippen LogP contribution in [0.3, 0.4) is 0 Å². The van der Waals surface area contributed by atoms with Gasteiger partial charge in [0.1, 0.15) is 5.69 Å². The number of para-hydroxylation sites is 1. The number of fused-ring (bicyclic) bond motifs is 1. The van der Waals surface area contributed by atoms with E-state index in [1.54, 1.807) is 18.3 Å². The van der Waals surface area contributed by atoms with E-state index >= 15 is 0 Å². The van der Waals surface area contributed by atoms with Crippen molar-refractivity contribution in [1.29, 1.82) is 0 Å². The number of non-ortho nitro benzene ring substituents is 1. The summed E-state index contributed by atoms with van der Waals surface area (Å²) in [5.74, 6) is 0.400. The first-order valence-corrected chi connectivity index (χ1v) is 8.46. The van der Waals surface area contributed by atoms with Crippen LogP contribution in [0.15, 0.2) is 60.8 Å². The Morgan fingerprint density at radius 1 is 1.11 bits per heavy atom. The lowest BCUT2D eigenvalue weighted by Gasteiger charge is -2.05. The molecule has 0 saturated carbocycles. The molecule has 0 amide bonds. The van der Waals surface area contributed by atoms with Gasteiger partial charge in [0.25, 0.3) is 5.69 Å². The van der Waals surface area contributed by atoms with Crippen molar-refractivity contribution in [1.82, 2.24) is 19.7 Å². The van der Waals surface area contributed by atoms with E-state index in [-0.39, 0.29) is 5.69 Å². The second kappa shape index (κ2) is 6.83. The van der Waals surface area contributed by atoms with Gasteiger partial charge in [-0.05, 0) is 31.2 Å². The zero-order chi connectivity index (χ0) is 18.8. The van der Waals surface area contributed by atoms with Crippen LogP contribution >= 0.6 is 0 Å². The monoisotopic (exact) mass is 360 g/mol. The number of benzene rings is 2. The lowest BCUT2D eigenvalue weighted by molar-refractivity contribution is -0.384. The summed E-state index contributed by atoms with van der Waals surface area (Å²) < 4.78 is 1.94. The number of nitro benzene ring substituents is 1. The molecular weight excluding hydrogens is 344 g/mol. The molecule has 0 spiro atoms. The third kappa shape index (κ3) is 3.20. The highest BCUT2D eigenvalue weighted by Gasteiger charge is 2.13. The molecule has 0 aliphatic heterocycles. The molecular formula is C19H16N6O2. The van der Waals surface area contributed by atoms with Crippen LogP contribution in [0.2, 0.25) is 0 Å². The van der Waals surface area contributed by atoms with Crippen LogP contribution in [0.1, 0.15) is 6.92 Å². The Balaban J connectivity index is 1.68. The lowest BCUT2D eigenvalue weighted by atomic mass is 10.1. The van der Waals surface area contributed by atoms with Crippen molar-refractivity contribution in [2.75, 3.05) is 5.32 Å². The molecule has 1 N–H and O–H groups in total. The first kappa shape index (κ1) is 16.6. The molecule has 2 aromatic carbocycles. The van der Waals surface area contributed by atoms with Gasteiger partial charge in [0.05, 0.1) is 16.1 Å². The molecule has 0 saturated heterocycles.